The quantitative estimate of drug-likeness (QED) is 0.340. The molecule has 29 heavy (non-hydrogen) atoms. The molecule has 1 aliphatic heterocycles. The van der Waals surface area contributed by atoms with Crippen LogP contribution in [0.4, 0.5) is 11.4 Å². The third-order valence-electron chi connectivity index (χ3n) is 5.29. The Labute approximate surface area is 201 Å². The fourth-order valence-corrected chi connectivity index (χ4v) is 5.17. The molecule has 4 nitrogen and oxygen atoms in total. The molecule has 0 aromatic heterocycles. The van der Waals surface area contributed by atoms with Gasteiger partial charge in [-0.1, -0.05) is 62.2 Å². The van der Waals surface area contributed by atoms with Crippen LogP contribution in [0.2, 0.25) is 0 Å². The van der Waals surface area contributed by atoms with Crippen LogP contribution in [0, 0.1) is 0 Å². The number of para-hydroxylation sites is 1. The summed E-state index contributed by atoms with van der Waals surface area (Å²) in [7, 11) is -4.27. The zero-order valence-corrected chi connectivity index (χ0v) is 21.2. The molecule has 1 aliphatic rings. The van der Waals surface area contributed by atoms with E-state index in [1.807, 2.05) is 12.1 Å². The predicted octanol–water partition coefficient (Wildman–Crippen LogP) is 2.74. The maximum atomic E-state index is 11.3. The first-order valence-corrected chi connectivity index (χ1v) is 12.3. The summed E-state index contributed by atoms with van der Waals surface area (Å²) in [6.07, 6.45) is 6.27. The minimum Gasteiger partial charge on any atom is -0.748 e. The SMILES string of the molecule is CCCCCCc1cccc2c1Sc1ccccc1N2CCC(C)S(=O)(=O)[O-].[Na+]. The standard InChI is InChI=1S/C22H29NO3S2.Na/c1-3-4-5-6-10-18-11-9-13-20-22(18)27-21-14-8-7-12-19(21)23(20)16-15-17(2)28(24,25)26;/h7-9,11-14,17H,3-6,10,15-16H2,1-2H3,(H,24,25,26);/q;+1/p-1. The van der Waals surface area contributed by atoms with E-state index in [1.54, 1.807) is 11.8 Å². The molecule has 0 saturated heterocycles. The molecule has 0 fully saturated rings. The summed E-state index contributed by atoms with van der Waals surface area (Å²) >= 11 is 1.79. The Morgan fingerprint density at radius 3 is 2.48 bits per heavy atom. The maximum absolute atomic E-state index is 11.3. The van der Waals surface area contributed by atoms with Crippen LogP contribution in [-0.2, 0) is 16.5 Å². The van der Waals surface area contributed by atoms with Crippen molar-refractivity contribution in [2.45, 2.75) is 67.4 Å². The Hall–Kier alpha value is -0.500. The third kappa shape index (κ3) is 6.25. The average Bonchev–Trinajstić information content (AvgIpc) is 2.67. The minimum atomic E-state index is -4.27. The van der Waals surface area contributed by atoms with Crippen LogP contribution in [0.1, 0.15) is 51.5 Å². The molecule has 0 radical (unpaired) electrons. The van der Waals surface area contributed by atoms with Crippen LogP contribution >= 0.6 is 11.8 Å². The van der Waals surface area contributed by atoms with Gasteiger partial charge in [-0.3, -0.25) is 0 Å². The molecule has 0 saturated carbocycles. The number of anilines is 2. The summed E-state index contributed by atoms with van der Waals surface area (Å²) in [5, 5.41) is -0.894. The molecule has 0 bridgehead atoms. The summed E-state index contributed by atoms with van der Waals surface area (Å²) in [5.74, 6) is 0. The molecule has 0 spiro atoms. The number of hydrogen-bond acceptors (Lipinski definition) is 5. The van der Waals surface area contributed by atoms with E-state index in [4.69, 9.17) is 0 Å². The van der Waals surface area contributed by atoms with Gasteiger partial charge in [0, 0.05) is 21.6 Å². The summed E-state index contributed by atoms with van der Waals surface area (Å²) in [6.45, 7) is 4.22. The van der Waals surface area contributed by atoms with Gasteiger partial charge in [-0.15, -0.1) is 0 Å². The zero-order chi connectivity index (χ0) is 20.1. The molecule has 1 unspecified atom stereocenters. The van der Waals surface area contributed by atoms with Crippen LogP contribution in [0.5, 0.6) is 0 Å². The summed E-state index contributed by atoms with van der Waals surface area (Å²) in [4.78, 5) is 4.61. The van der Waals surface area contributed by atoms with Gasteiger partial charge in [0.25, 0.3) is 0 Å². The summed E-state index contributed by atoms with van der Waals surface area (Å²) in [6, 6.07) is 14.6. The van der Waals surface area contributed by atoms with E-state index in [2.05, 4.69) is 42.2 Å². The predicted molar refractivity (Wildman–Crippen MR) is 116 cm³/mol. The van der Waals surface area contributed by atoms with Crippen LogP contribution in [0.3, 0.4) is 0 Å². The van der Waals surface area contributed by atoms with Crippen molar-refractivity contribution in [3.8, 4) is 0 Å². The van der Waals surface area contributed by atoms with Gasteiger partial charge in [0.15, 0.2) is 0 Å². The van der Waals surface area contributed by atoms with Crippen LogP contribution in [-0.4, -0.2) is 24.8 Å². The smallest absolute Gasteiger partial charge is 0.748 e. The fraction of sp³-hybridized carbons (Fsp3) is 0.455. The van der Waals surface area contributed by atoms with Crippen molar-refractivity contribution in [1.82, 2.24) is 0 Å². The first-order valence-electron chi connectivity index (χ1n) is 10.0. The number of hydrogen-bond donors (Lipinski definition) is 0. The largest absolute Gasteiger partial charge is 1.00 e. The second-order valence-corrected chi connectivity index (χ2v) is 10.2. The number of benzene rings is 2. The first kappa shape index (κ1) is 24.8. The minimum absolute atomic E-state index is 0. The van der Waals surface area contributed by atoms with Crippen LogP contribution in [0.25, 0.3) is 0 Å². The molecular formula is C22H28NNaO3S2. The molecule has 0 N–H and O–H groups in total. The number of aryl methyl sites for hydroxylation is 1. The van der Waals surface area contributed by atoms with E-state index < -0.39 is 15.4 Å². The van der Waals surface area contributed by atoms with Crippen molar-refractivity contribution < 1.29 is 42.5 Å². The molecule has 152 valence electrons. The van der Waals surface area contributed by atoms with Crippen molar-refractivity contribution in [2.75, 3.05) is 11.4 Å². The van der Waals surface area contributed by atoms with Gasteiger partial charge in [0.05, 0.1) is 21.5 Å². The second kappa shape index (κ2) is 11.2. The van der Waals surface area contributed by atoms with Gasteiger partial charge in [0.1, 0.15) is 0 Å². The summed E-state index contributed by atoms with van der Waals surface area (Å²) in [5.41, 5.74) is 3.55. The van der Waals surface area contributed by atoms with Crippen LogP contribution in [0.15, 0.2) is 52.3 Å². The Bertz CT molecular complexity index is 918. The number of nitrogens with zero attached hydrogens (tertiary/aromatic N) is 1. The molecule has 7 heteroatoms. The molecule has 2 aromatic carbocycles. The topological polar surface area (TPSA) is 60.4 Å². The van der Waals surface area contributed by atoms with E-state index >= 15 is 0 Å². The van der Waals surface area contributed by atoms with Crippen molar-refractivity contribution in [3.05, 3.63) is 48.0 Å². The molecular weight excluding hydrogens is 413 g/mol. The Morgan fingerprint density at radius 2 is 1.76 bits per heavy atom. The zero-order valence-electron chi connectivity index (χ0n) is 17.6. The van der Waals surface area contributed by atoms with Crippen molar-refractivity contribution >= 4 is 33.3 Å². The van der Waals surface area contributed by atoms with Gasteiger partial charge >= 0.3 is 29.6 Å². The van der Waals surface area contributed by atoms with E-state index in [9.17, 15) is 13.0 Å². The molecule has 0 amide bonds. The van der Waals surface area contributed by atoms with Crippen LogP contribution < -0.4 is 34.5 Å². The fourth-order valence-electron chi connectivity index (χ4n) is 3.54. The van der Waals surface area contributed by atoms with E-state index in [1.165, 1.54) is 48.0 Å². The summed E-state index contributed by atoms with van der Waals surface area (Å²) < 4.78 is 34.0. The third-order valence-corrected chi connectivity index (χ3v) is 7.75. The number of unbranched alkanes of at least 4 members (excludes halogenated alkanes) is 3. The second-order valence-electron chi connectivity index (χ2n) is 7.39. The van der Waals surface area contributed by atoms with Crippen molar-refractivity contribution in [3.63, 3.8) is 0 Å². The molecule has 1 atom stereocenters. The van der Waals surface area contributed by atoms with Gasteiger partial charge in [-0.05, 0) is 49.9 Å². The monoisotopic (exact) mass is 441 g/mol. The number of fused-ring (bicyclic) bond motifs is 2. The Morgan fingerprint density at radius 1 is 1.03 bits per heavy atom. The molecule has 1 heterocycles. The van der Waals surface area contributed by atoms with Gasteiger partial charge < -0.3 is 9.45 Å². The van der Waals surface area contributed by atoms with Crippen molar-refractivity contribution in [2.24, 2.45) is 0 Å². The van der Waals surface area contributed by atoms with Gasteiger partial charge in [0.2, 0.25) is 0 Å². The van der Waals surface area contributed by atoms with Crippen molar-refractivity contribution in [1.29, 1.82) is 0 Å². The van der Waals surface area contributed by atoms with E-state index in [-0.39, 0.29) is 29.6 Å². The van der Waals surface area contributed by atoms with E-state index in [0.717, 1.165) is 17.8 Å². The number of rotatable bonds is 9. The Balaban J connectivity index is 0.00000300. The Kier molecular flexibility index (Phi) is 9.58. The normalized spacial score (nSPS) is 14.0. The van der Waals surface area contributed by atoms with Gasteiger partial charge in [-0.2, -0.15) is 0 Å². The molecule has 2 aromatic rings. The van der Waals surface area contributed by atoms with Gasteiger partial charge in [-0.25, -0.2) is 8.42 Å². The molecule has 3 rings (SSSR count). The first-order chi connectivity index (χ1) is 13.4. The molecule has 0 aliphatic carbocycles. The average molecular weight is 442 g/mol. The maximum Gasteiger partial charge on any atom is 1.00 e. The van der Waals surface area contributed by atoms with E-state index in [0.29, 0.717) is 13.0 Å².